The van der Waals surface area contributed by atoms with Gasteiger partial charge in [0.2, 0.25) is 0 Å². The fourth-order valence-corrected chi connectivity index (χ4v) is 4.82. The molecule has 1 atom stereocenters. The SMILES string of the molecule is O=C(Nc1cccc(C(=O)N(Br)c2ccc(C(F)(C(F)(F)F)C(F)(F)C(F)(F)F)cc2Br)c1)c1cccnc1Cl. The van der Waals surface area contributed by atoms with E-state index < -0.39 is 45.8 Å². The van der Waals surface area contributed by atoms with Crippen molar-refractivity contribution in [3.05, 3.63) is 87.1 Å². The number of carbonyl (C=O) groups excluding carboxylic acids is 2. The number of hydrogen-bond acceptors (Lipinski definition) is 3. The van der Waals surface area contributed by atoms with E-state index >= 15 is 0 Å². The van der Waals surface area contributed by atoms with Crippen LogP contribution in [0.15, 0.2) is 65.3 Å². The molecule has 2 amide bonds. The molecule has 1 N–H and O–H groups in total. The van der Waals surface area contributed by atoms with E-state index in [-0.39, 0.29) is 39.8 Å². The van der Waals surface area contributed by atoms with E-state index in [0.29, 0.717) is 9.99 Å². The van der Waals surface area contributed by atoms with E-state index in [1.54, 1.807) is 0 Å². The molecule has 17 heteroatoms. The summed E-state index contributed by atoms with van der Waals surface area (Å²) in [6.07, 6.45) is -12.2. The molecule has 1 heterocycles. The predicted molar refractivity (Wildman–Crippen MR) is 133 cm³/mol. The number of nitrogens with one attached hydrogen (secondary N) is 1. The number of anilines is 2. The van der Waals surface area contributed by atoms with Gasteiger partial charge in [-0.3, -0.25) is 9.59 Å². The summed E-state index contributed by atoms with van der Waals surface area (Å²) < 4.78 is 121. The smallest absolute Gasteiger partial charge is 0.322 e. The van der Waals surface area contributed by atoms with Crippen molar-refractivity contribution in [2.24, 2.45) is 0 Å². The summed E-state index contributed by atoms with van der Waals surface area (Å²) in [5, 5.41) is 2.38. The molecule has 3 aromatic rings. The van der Waals surface area contributed by atoms with E-state index in [1.165, 1.54) is 42.6 Å². The molecule has 3 rings (SSSR count). The zero-order valence-corrected chi connectivity index (χ0v) is 22.9. The average molecular weight is 728 g/mol. The van der Waals surface area contributed by atoms with E-state index in [2.05, 4.69) is 42.4 Å². The summed E-state index contributed by atoms with van der Waals surface area (Å²) in [4.78, 5) is 29.2. The first-order valence-electron chi connectivity index (χ1n) is 10.3. The average Bonchev–Trinajstić information content (AvgIpc) is 2.86. The van der Waals surface area contributed by atoms with E-state index in [4.69, 9.17) is 11.6 Å². The summed E-state index contributed by atoms with van der Waals surface area (Å²) in [5.74, 6) is -8.45. The molecular weight excluding hydrogens is 717 g/mol. The third-order valence-electron chi connectivity index (χ3n) is 5.29. The van der Waals surface area contributed by atoms with Crippen LogP contribution < -0.4 is 9.24 Å². The molecule has 0 spiro atoms. The molecule has 0 aliphatic heterocycles. The van der Waals surface area contributed by atoms with Gasteiger partial charge in [0.1, 0.15) is 5.15 Å². The first-order chi connectivity index (χ1) is 18.3. The van der Waals surface area contributed by atoms with Crippen LogP contribution in [0.25, 0.3) is 0 Å². The van der Waals surface area contributed by atoms with Crippen LogP contribution in [0.2, 0.25) is 5.15 Å². The molecule has 0 saturated heterocycles. The first-order valence-corrected chi connectivity index (χ1v) is 12.2. The van der Waals surface area contributed by atoms with Crippen LogP contribution in [0.5, 0.6) is 0 Å². The number of hydrogen-bond donors (Lipinski definition) is 1. The third kappa shape index (κ3) is 5.79. The Bertz CT molecular complexity index is 1450. The van der Waals surface area contributed by atoms with Gasteiger partial charge in [-0.05, 0) is 58.4 Å². The highest BCUT2D eigenvalue weighted by Crippen LogP contribution is 2.58. The Morgan fingerprint density at radius 2 is 1.52 bits per heavy atom. The highest BCUT2D eigenvalue weighted by atomic mass is 79.9. The van der Waals surface area contributed by atoms with Gasteiger partial charge in [-0.15, -0.1) is 0 Å². The highest BCUT2D eigenvalue weighted by Gasteiger charge is 2.81. The summed E-state index contributed by atoms with van der Waals surface area (Å²) in [7, 11) is 0. The molecule has 0 saturated carbocycles. The number of rotatable bonds is 6. The molecular formula is C23H11Br2ClF9N3O2. The van der Waals surface area contributed by atoms with Gasteiger partial charge in [0.25, 0.3) is 11.8 Å². The maximum absolute atomic E-state index is 14.8. The lowest BCUT2D eigenvalue weighted by molar-refractivity contribution is -0.389. The van der Waals surface area contributed by atoms with Crippen molar-refractivity contribution in [1.82, 2.24) is 4.98 Å². The quantitative estimate of drug-likeness (QED) is 0.157. The number of alkyl halides is 9. The highest BCUT2D eigenvalue weighted by molar-refractivity contribution is 9.11. The van der Waals surface area contributed by atoms with Crippen LogP contribution in [0, 0.1) is 0 Å². The molecule has 214 valence electrons. The maximum Gasteiger partial charge on any atom is 0.457 e. The van der Waals surface area contributed by atoms with Crippen LogP contribution >= 0.6 is 43.7 Å². The lowest BCUT2D eigenvalue weighted by Crippen LogP contribution is -2.59. The second kappa shape index (κ2) is 11.2. The van der Waals surface area contributed by atoms with Crippen LogP contribution in [-0.2, 0) is 5.67 Å². The van der Waals surface area contributed by atoms with Gasteiger partial charge < -0.3 is 5.32 Å². The Hall–Kier alpha value is -2.85. The van der Waals surface area contributed by atoms with Crippen LogP contribution in [0.4, 0.5) is 50.9 Å². The van der Waals surface area contributed by atoms with Gasteiger partial charge in [0.05, 0.1) is 27.4 Å². The van der Waals surface area contributed by atoms with E-state index in [0.717, 1.165) is 0 Å². The van der Waals surface area contributed by atoms with Crippen molar-refractivity contribution in [2.75, 3.05) is 9.24 Å². The summed E-state index contributed by atoms with van der Waals surface area (Å²) in [6, 6.07) is 8.69. The number of halogens is 12. The van der Waals surface area contributed by atoms with Gasteiger partial charge in [-0.25, -0.2) is 13.3 Å². The zero-order valence-electron chi connectivity index (χ0n) is 19.0. The fourth-order valence-electron chi connectivity index (χ4n) is 3.31. The Morgan fingerprint density at radius 3 is 2.08 bits per heavy atom. The number of aromatic nitrogens is 1. The molecule has 5 nitrogen and oxygen atoms in total. The number of benzene rings is 2. The van der Waals surface area contributed by atoms with E-state index in [1.807, 2.05) is 0 Å². The molecule has 0 aliphatic carbocycles. The molecule has 1 aromatic heterocycles. The summed E-state index contributed by atoms with van der Waals surface area (Å²) in [6.45, 7) is 0. The van der Waals surface area contributed by atoms with Crippen LogP contribution in [0.3, 0.4) is 0 Å². The largest absolute Gasteiger partial charge is 0.457 e. The molecule has 0 fully saturated rings. The topological polar surface area (TPSA) is 62.3 Å². The van der Waals surface area contributed by atoms with Crippen LogP contribution in [0.1, 0.15) is 26.3 Å². The lowest BCUT2D eigenvalue weighted by Gasteiger charge is -2.36. The standard InChI is InChI=1S/C23H11Br2ClF9N3O2/c24-15-10-12(20(27,22(30,31)32)21(28,29)23(33,34)35)6-7-16(15)38(25)19(40)11-3-1-4-13(9-11)37-18(39)14-5-2-8-36-17(14)26/h1-10H,(H,37,39). The molecule has 0 bridgehead atoms. The van der Waals surface area contributed by atoms with E-state index in [9.17, 15) is 49.1 Å². The maximum atomic E-state index is 14.8. The Morgan fingerprint density at radius 1 is 0.875 bits per heavy atom. The van der Waals surface area contributed by atoms with Crippen molar-refractivity contribution in [1.29, 1.82) is 0 Å². The molecule has 2 aromatic carbocycles. The fraction of sp³-hybridized carbons (Fsp3) is 0.174. The molecule has 0 radical (unpaired) electrons. The minimum absolute atomic E-state index is 0.0194. The summed E-state index contributed by atoms with van der Waals surface area (Å²) in [5.41, 5.74) is -8.60. The number of pyridine rings is 1. The first kappa shape index (κ1) is 31.7. The van der Waals surface area contributed by atoms with Crippen molar-refractivity contribution in [3.63, 3.8) is 0 Å². The van der Waals surface area contributed by atoms with Crippen molar-refractivity contribution >= 4 is 66.9 Å². The third-order valence-corrected chi connectivity index (χ3v) is 6.93. The summed E-state index contributed by atoms with van der Waals surface area (Å²) >= 11 is 11.4. The monoisotopic (exact) mass is 725 g/mol. The Balaban J connectivity index is 1.92. The van der Waals surface area contributed by atoms with Crippen molar-refractivity contribution < 1.29 is 49.1 Å². The zero-order chi connectivity index (χ0) is 30.3. The molecule has 1 unspecified atom stereocenters. The lowest BCUT2D eigenvalue weighted by atomic mass is 9.87. The van der Waals surface area contributed by atoms with Gasteiger partial charge in [-0.1, -0.05) is 23.7 Å². The van der Waals surface area contributed by atoms with Crippen molar-refractivity contribution in [3.8, 4) is 0 Å². The Labute approximate surface area is 240 Å². The number of amides is 2. The van der Waals surface area contributed by atoms with Gasteiger partial charge in [0.15, 0.2) is 0 Å². The second-order valence-electron chi connectivity index (χ2n) is 7.86. The molecule has 0 aliphatic rings. The number of carbonyl (C=O) groups is 2. The number of nitrogens with zero attached hydrogens (tertiary/aromatic N) is 2. The van der Waals surface area contributed by atoms with Crippen LogP contribution in [-0.4, -0.2) is 35.1 Å². The second-order valence-corrected chi connectivity index (χ2v) is 9.78. The minimum Gasteiger partial charge on any atom is -0.322 e. The minimum atomic E-state index is -6.89. The Kier molecular flexibility index (Phi) is 8.87. The normalized spacial score (nSPS) is 13.9. The van der Waals surface area contributed by atoms with Gasteiger partial charge in [0, 0.05) is 27.5 Å². The molecule has 40 heavy (non-hydrogen) atoms. The van der Waals surface area contributed by atoms with Crippen molar-refractivity contribution in [2.45, 2.75) is 23.9 Å². The predicted octanol–water partition coefficient (Wildman–Crippen LogP) is 8.63. The van der Waals surface area contributed by atoms with Gasteiger partial charge in [-0.2, -0.15) is 35.1 Å². The van der Waals surface area contributed by atoms with Gasteiger partial charge >= 0.3 is 23.9 Å².